The first-order valence-corrected chi connectivity index (χ1v) is 4.86. The third kappa shape index (κ3) is 4.23. The van der Waals surface area contributed by atoms with Crippen molar-refractivity contribution < 1.29 is 17.9 Å². The predicted octanol–water partition coefficient (Wildman–Crippen LogP) is 3.93. The van der Waals surface area contributed by atoms with E-state index in [0.29, 0.717) is 12.0 Å². The molecule has 0 atom stereocenters. The first kappa shape index (κ1) is 11.9. The quantitative estimate of drug-likeness (QED) is 0.744. The SMILES string of the molecule is CCCCc1ccccc1OC(F)(F)F. The standard InChI is InChI=1S/C11H13F3O/c1-2-3-6-9-7-4-5-8-10(9)15-11(12,13)14/h4-5,7-8H,2-3,6H2,1H3. The summed E-state index contributed by atoms with van der Waals surface area (Å²) < 4.78 is 40.0. The van der Waals surface area contributed by atoms with Crippen molar-refractivity contribution in [2.24, 2.45) is 0 Å². The highest BCUT2D eigenvalue weighted by atomic mass is 19.4. The van der Waals surface area contributed by atoms with Gasteiger partial charge in [-0.05, 0) is 24.5 Å². The van der Waals surface area contributed by atoms with Gasteiger partial charge in [0.2, 0.25) is 0 Å². The molecule has 0 spiro atoms. The second kappa shape index (κ2) is 5.05. The van der Waals surface area contributed by atoms with Gasteiger partial charge in [-0.2, -0.15) is 0 Å². The van der Waals surface area contributed by atoms with E-state index in [2.05, 4.69) is 4.74 Å². The average Bonchev–Trinajstić information content (AvgIpc) is 2.14. The molecule has 0 aromatic heterocycles. The number of unbranched alkanes of at least 4 members (excludes halogenated alkanes) is 1. The molecular formula is C11H13F3O. The third-order valence-electron chi connectivity index (χ3n) is 2.00. The van der Waals surface area contributed by atoms with Crippen LogP contribution in [0.2, 0.25) is 0 Å². The zero-order chi connectivity index (χ0) is 11.3. The van der Waals surface area contributed by atoms with Crippen LogP contribution in [-0.2, 0) is 6.42 Å². The Balaban J connectivity index is 2.77. The number of hydrogen-bond donors (Lipinski definition) is 0. The summed E-state index contributed by atoms with van der Waals surface area (Å²) in [7, 11) is 0. The summed E-state index contributed by atoms with van der Waals surface area (Å²) in [5.41, 5.74) is 0.608. The highest BCUT2D eigenvalue weighted by molar-refractivity contribution is 5.33. The third-order valence-corrected chi connectivity index (χ3v) is 2.00. The van der Waals surface area contributed by atoms with E-state index in [1.807, 2.05) is 6.92 Å². The molecule has 4 heteroatoms. The summed E-state index contributed by atoms with van der Waals surface area (Å²) in [6.07, 6.45) is -2.19. The first-order chi connectivity index (χ1) is 7.03. The molecule has 1 aromatic rings. The highest BCUT2D eigenvalue weighted by Gasteiger charge is 2.31. The minimum absolute atomic E-state index is 0.0848. The normalized spacial score (nSPS) is 11.5. The van der Waals surface area contributed by atoms with Crippen LogP contribution in [0, 0.1) is 0 Å². The lowest BCUT2D eigenvalue weighted by atomic mass is 10.1. The predicted molar refractivity (Wildman–Crippen MR) is 51.7 cm³/mol. The molecule has 0 aliphatic rings. The van der Waals surface area contributed by atoms with E-state index in [9.17, 15) is 13.2 Å². The number of ether oxygens (including phenoxy) is 1. The van der Waals surface area contributed by atoms with E-state index in [4.69, 9.17) is 0 Å². The monoisotopic (exact) mass is 218 g/mol. The molecule has 1 nitrogen and oxygen atoms in total. The molecule has 84 valence electrons. The van der Waals surface area contributed by atoms with Gasteiger partial charge in [0.05, 0.1) is 0 Å². The Kier molecular flexibility index (Phi) is 4.00. The van der Waals surface area contributed by atoms with E-state index in [-0.39, 0.29) is 5.75 Å². The summed E-state index contributed by atoms with van der Waals surface area (Å²) in [5, 5.41) is 0. The average molecular weight is 218 g/mol. The van der Waals surface area contributed by atoms with Crippen LogP contribution < -0.4 is 4.74 Å². The van der Waals surface area contributed by atoms with E-state index >= 15 is 0 Å². The molecule has 0 fully saturated rings. The molecule has 0 radical (unpaired) electrons. The van der Waals surface area contributed by atoms with Gasteiger partial charge in [-0.3, -0.25) is 0 Å². The Bertz CT molecular complexity index is 307. The maximum atomic E-state index is 12.0. The van der Waals surface area contributed by atoms with E-state index in [1.165, 1.54) is 12.1 Å². The van der Waals surface area contributed by atoms with E-state index < -0.39 is 6.36 Å². The zero-order valence-corrected chi connectivity index (χ0v) is 8.47. The Morgan fingerprint density at radius 2 is 1.87 bits per heavy atom. The molecule has 0 saturated heterocycles. The largest absolute Gasteiger partial charge is 0.573 e. The maximum Gasteiger partial charge on any atom is 0.573 e. The number of alkyl halides is 3. The minimum Gasteiger partial charge on any atom is -0.406 e. The Labute approximate surface area is 86.9 Å². The lowest BCUT2D eigenvalue weighted by molar-refractivity contribution is -0.274. The molecule has 0 aliphatic heterocycles. The summed E-state index contributed by atoms with van der Waals surface area (Å²) in [6.45, 7) is 1.99. The second-order valence-corrected chi connectivity index (χ2v) is 3.26. The number of hydrogen-bond acceptors (Lipinski definition) is 1. The Hall–Kier alpha value is -1.19. The van der Waals surface area contributed by atoms with Gasteiger partial charge in [-0.1, -0.05) is 31.5 Å². The lowest BCUT2D eigenvalue weighted by Gasteiger charge is -2.12. The number of aryl methyl sites for hydroxylation is 1. The smallest absolute Gasteiger partial charge is 0.406 e. The molecule has 0 heterocycles. The van der Waals surface area contributed by atoms with Crippen molar-refractivity contribution in [2.75, 3.05) is 0 Å². The second-order valence-electron chi connectivity index (χ2n) is 3.26. The minimum atomic E-state index is -4.61. The van der Waals surface area contributed by atoms with Crippen molar-refractivity contribution in [1.82, 2.24) is 0 Å². The van der Waals surface area contributed by atoms with Crippen LogP contribution in [0.4, 0.5) is 13.2 Å². The van der Waals surface area contributed by atoms with Crippen LogP contribution in [0.15, 0.2) is 24.3 Å². The van der Waals surface area contributed by atoms with Gasteiger partial charge in [-0.15, -0.1) is 13.2 Å². The van der Waals surface area contributed by atoms with Gasteiger partial charge in [0.25, 0.3) is 0 Å². The van der Waals surface area contributed by atoms with Crippen LogP contribution in [0.3, 0.4) is 0 Å². The van der Waals surface area contributed by atoms with Gasteiger partial charge < -0.3 is 4.74 Å². The van der Waals surface area contributed by atoms with Crippen LogP contribution >= 0.6 is 0 Å². The Morgan fingerprint density at radius 3 is 2.47 bits per heavy atom. The lowest BCUT2D eigenvalue weighted by Crippen LogP contribution is -2.18. The van der Waals surface area contributed by atoms with Gasteiger partial charge in [-0.25, -0.2) is 0 Å². The van der Waals surface area contributed by atoms with E-state index in [1.54, 1.807) is 12.1 Å². The van der Waals surface area contributed by atoms with Crippen LogP contribution in [0.1, 0.15) is 25.3 Å². The number of benzene rings is 1. The molecule has 15 heavy (non-hydrogen) atoms. The summed E-state index contributed by atoms with van der Waals surface area (Å²) in [4.78, 5) is 0. The zero-order valence-electron chi connectivity index (χ0n) is 8.47. The van der Waals surface area contributed by atoms with Crippen molar-refractivity contribution in [3.8, 4) is 5.75 Å². The summed E-state index contributed by atoms with van der Waals surface area (Å²) in [6, 6.07) is 6.26. The van der Waals surface area contributed by atoms with E-state index in [0.717, 1.165) is 12.8 Å². The summed E-state index contributed by atoms with van der Waals surface area (Å²) in [5.74, 6) is -0.0848. The Morgan fingerprint density at radius 1 is 1.20 bits per heavy atom. The first-order valence-electron chi connectivity index (χ1n) is 4.86. The molecular weight excluding hydrogens is 205 g/mol. The molecule has 1 aromatic carbocycles. The maximum absolute atomic E-state index is 12.0. The summed E-state index contributed by atoms with van der Waals surface area (Å²) >= 11 is 0. The van der Waals surface area contributed by atoms with Crippen LogP contribution in [-0.4, -0.2) is 6.36 Å². The molecule has 0 N–H and O–H groups in total. The number of rotatable bonds is 4. The number of halogens is 3. The number of para-hydroxylation sites is 1. The van der Waals surface area contributed by atoms with Crippen molar-refractivity contribution in [3.05, 3.63) is 29.8 Å². The van der Waals surface area contributed by atoms with Gasteiger partial charge in [0.1, 0.15) is 5.75 Å². The van der Waals surface area contributed by atoms with Gasteiger partial charge in [0.15, 0.2) is 0 Å². The molecule has 0 unspecified atom stereocenters. The molecule has 0 amide bonds. The fourth-order valence-electron chi connectivity index (χ4n) is 1.30. The van der Waals surface area contributed by atoms with Crippen molar-refractivity contribution >= 4 is 0 Å². The van der Waals surface area contributed by atoms with Gasteiger partial charge >= 0.3 is 6.36 Å². The van der Waals surface area contributed by atoms with Crippen molar-refractivity contribution in [1.29, 1.82) is 0 Å². The molecule has 1 rings (SSSR count). The molecule has 0 bridgehead atoms. The van der Waals surface area contributed by atoms with Crippen molar-refractivity contribution in [3.63, 3.8) is 0 Å². The topological polar surface area (TPSA) is 9.23 Å². The van der Waals surface area contributed by atoms with Crippen molar-refractivity contribution in [2.45, 2.75) is 32.5 Å². The fraction of sp³-hybridized carbons (Fsp3) is 0.455. The molecule has 0 saturated carbocycles. The van der Waals surface area contributed by atoms with Crippen LogP contribution in [0.5, 0.6) is 5.75 Å². The fourth-order valence-corrected chi connectivity index (χ4v) is 1.30. The highest BCUT2D eigenvalue weighted by Crippen LogP contribution is 2.27. The molecule has 0 aliphatic carbocycles. The van der Waals surface area contributed by atoms with Gasteiger partial charge in [0, 0.05) is 0 Å². The van der Waals surface area contributed by atoms with Crippen LogP contribution in [0.25, 0.3) is 0 Å².